The molecule has 0 saturated carbocycles. The molecule has 88 valence electrons. The largest absolute Gasteiger partial charge is 0.397 e. The zero-order valence-electron chi connectivity index (χ0n) is 9.41. The number of piperidine rings is 1. The number of nitrogen functional groups attached to an aromatic ring is 1. The van der Waals surface area contributed by atoms with Crippen molar-refractivity contribution in [1.82, 2.24) is 0 Å². The smallest absolute Gasteiger partial charge is 0.0794 e. The number of nitrogens with zero attached hydrogens (tertiary/aromatic N) is 1. The van der Waals surface area contributed by atoms with Crippen LogP contribution in [0, 0.1) is 0 Å². The number of anilines is 2. The predicted molar refractivity (Wildman–Crippen MR) is 70.6 cm³/mol. The lowest BCUT2D eigenvalue weighted by molar-refractivity contribution is 0.0450. The highest BCUT2D eigenvalue weighted by Gasteiger charge is 2.29. The molecule has 1 atom stereocenters. The van der Waals surface area contributed by atoms with Crippen LogP contribution in [0.3, 0.4) is 0 Å². The second-order valence-electron chi connectivity index (χ2n) is 4.73. The van der Waals surface area contributed by atoms with Crippen LogP contribution < -0.4 is 10.6 Å². The summed E-state index contributed by atoms with van der Waals surface area (Å²) in [5.41, 5.74) is 7.16. The van der Waals surface area contributed by atoms with E-state index in [9.17, 15) is 5.11 Å². The summed E-state index contributed by atoms with van der Waals surface area (Å²) in [6.45, 7) is 3.50. The summed E-state index contributed by atoms with van der Waals surface area (Å²) >= 11 is 3.39. The Balaban J connectivity index is 2.23. The number of hydrogen-bond donors (Lipinski definition) is 2. The molecule has 0 amide bonds. The molecule has 0 bridgehead atoms. The number of nitrogens with two attached hydrogens (primary N) is 1. The van der Waals surface area contributed by atoms with E-state index in [4.69, 9.17) is 5.73 Å². The molecule has 0 aromatic heterocycles. The fourth-order valence-corrected chi connectivity index (χ4v) is 2.62. The van der Waals surface area contributed by atoms with Gasteiger partial charge < -0.3 is 15.7 Å². The molecule has 1 aliphatic heterocycles. The maximum Gasteiger partial charge on any atom is 0.0794 e. The molecule has 1 aromatic rings. The third kappa shape index (κ3) is 2.50. The molecule has 0 aliphatic carbocycles. The molecule has 3 nitrogen and oxygen atoms in total. The molecule has 0 spiro atoms. The number of rotatable bonds is 1. The molecule has 16 heavy (non-hydrogen) atoms. The molecule has 0 radical (unpaired) electrons. The van der Waals surface area contributed by atoms with Crippen LogP contribution in [0.2, 0.25) is 0 Å². The Morgan fingerprint density at radius 1 is 1.50 bits per heavy atom. The summed E-state index contributed by atoms with van der Waals surface area (Å²) in [6, 6.07) is 5.88. The zero-order chi connectivity index (χ0) is 11.8. The van der Waals surface area contributed by atoms with Crippen LogP contribution in [0.1, 0.15) is 19.8 Å². The summed E-state index contributed by atoms with van der Waals surface area (Å²) < 4.78 is 0.984. The summed E-state index contributed by atoms with van der Waals surface area (Å²) in [5, 5.41) is 10.1. The van der Waals surface area contributed by atoms with E-state index in [1.54, 1.807) is 0 Å². The van der Waals surface area contributed by atoms with E-state index in [2.05, 4.69) is 20.8 Å². The molecule has 1 fully saturated rings. The van der Waals surface area contributed by atoms with Crippen LogP contribution in [0.15, 0.2) is 22.7 Å². The topological polar surface area (TPSA) is 49.5 Å². The quantitative estimate of drug-likeness (QED) is 0.779. The van der Waals surface area contributed by atoms with Gasteiger partial charge in [-0.2, -0.15) is 0 Å². The maximum atomic E-state index is 10.1. The molecule has 1 saturated heterocycles. The second kappa shape index (κ2) is 4.26. The van der Waals surface area contributed by atoms with E-state index in [1.807, 2.05) is 25.1 Å². The van der Waals surface area contributed by atoms with Crippen LogP contribution in [-0.2, 0) is 0 Å². The Morgan fingerprint density at radius 3 is 2.88 bits per heavy atom. The van der Waals surface area contributed by atoms with Gasteiger partial charge in [-0.25, -0.2) is 0 Å². The van der Waals surface area contributed by atoms with Gasteiger partial charge in [-0.1, -0.05) is 15.9 Å². The number of aliphatic hydroxyl groups is 1. The van der Waals surface area contributed by atoms with Crippen molar-refractivity contribution in [1.29, 1.82) is 0 Å². The van der Waals surface area contributed by atoms with Gasteiger partial charge in [0.2, 0.25) is 0 Å². The van der Waals surface area contributed by atoms with E-state index in [0.717, 1.165) is 35.2 Å². The molecule has 1 unspecified atom stereocenters. The summed E-state index contributed by atoms with van der Waals surface area (Å²) in [6.07, 6.45) is 1.86. The molecule has 1 heterocycles. The molecule has 1 aliphatic rings. The standard InChI is InChI=1S/C12H17BrN2O/c1-12(16)5-2-6-15(8-12)11-4-3-9(13)7-10(11)14/h3-4,7,16H,2,5-6,8,14H2,1H3. The fourth-order valence-electron chi connectivity index (χ4n) is 2.24. The average Bonchev–Trinajstić information content (AvgIpc) is 2.15. The van der Waals surface area contributed by atoms with Crippen molar-refractivity contribution in [3.63, 3.8) is 0 Å². The van der Waals surface area contributed by atoms with Gasteiger partial charge in [-0.15, -0.1) is 0 Å². The van der Waals surface area contributed by atoms with Crippen molar-refractivity contribution >= 4 is 27.3 Å². The number of halogens is 1. The van der Waals surface area contributed by atoms with Crippen LogP contribution in [0.25, 0.3) is 0 Å². The van der Waals surface area contributed by atoms with E-state index in [-0.39, 0.29) is 0 Å². The van der Waals surface area contributed by atoms with Crippen molar-refractivity contribution in [3.05, 3.63) is 22.7 Å². The molecular weight excluding hydrogens is 268 g/mol. The van der Waals surface area contributed by atoms with Crippen LogP contribution >= 0.6 is 15.9 Å². The molecule has 1 aromatic carbocycles. The SMILES string of the molecule is CC1(O)CCCN(c2ccc(Br)cc2N)C1. The fraction of sp³-hybridized carbons (Fsp3) is 0.500. The van der Waals surface area contributed by atoms with E-state index in [1.165, 1.54) is 0 Å². The lowest BCUT2D eigenvalue weighted by Crippen LogP contribution is -2.46. The number of β-amino-alcohol motifs (C(OH)–C–C–N with tert-alkyl or cyclic N) is 1. The van der Waals surface area contributed by atoms with Gasteiger partial charge in [-0.3, -0.25) is 0 Å². The molecular formula is C12H17BrN2O. The maximum absolute atomic E-state index is 10.1. The average molecular weight is 285 g/mol. The van der Waals surface area contributed by atoms with Crippen molar-refractivity contribution in [2.75, 3.05) is 23.7 Å². The van der Waals surface area contributed by atoms with Gasteiger partial charge in [0.05, 0.1) is 17.0 Å². The minimum Gasteiger partial charge on any atom is -0.397 e. The summed E-state index contributed by atoms with van der Waals surface area (Å²) in [5.74, 6) is 0. The highest BCUT2D eigenvalue weighted by atomic mass is 79.9. The van der Waals surface area contributed by atoms with Crippen molar-refractivity contribution < 1.29 is 5.11 Å². The van der Waals surface area contributed by atoms with Gasteiger partial charge in [0.15, 0.2) is 0 Å². The molecule has 3 N–H and O–H groups in total. The first kappa shape index (κ1) is 11.7. The minimum absolute atomic E-state index is 0.599. The van der Waals surface area contributed by atoms with Crippen LogP contribution in [0.5, 0.6) is 0 Å². The Labute approximate surface area is 104 Å². The second-order valence-corrected chi connectivity index (χ2v) is 5.64. The first-order valence-corrected chi connectivity index (χ1v) is 6.30. The van der Waals surface area contributed by atoms with Crippen molar-refractivity contribution in [2.45, 2.75) is 25.4 Å². The van der Waals surface area contributed by atoms with Gasteiger partial charge in [0.1, 0.15) is 0 Å². The highest BCUT2D eigenvalue weighted by Crippen LogP contribution is 2.31. The van der Waals surface area contributed by atoms with Crippen molar-refractivity contribution in [3.8, 4) is 0 Å². The Hall–Kier alpha value is -0.740. The van der Waals surface area contributed by atoms with Crippen LogP contribution in [-0.4, -0.2) is 23.8 Å². The van der Waals surface area contributed by atoms with Gasteiger partial charge in [0.25, 0.3) is 0 Å². The minimum atomic E-state index is -0.599. The zero-order valence-corrected chi connectivity index (χ0v) is 11.0. The van der Waals surface area contributed by atoms with Crippen molar-refractivity contribution in [2.24, 2.45) is 0 Å². The van der Waals surface area contributed by atoms with Gasteiger partial charge >= 0.3 is 0 Å². The first-order valence-electron chi connectivity index (χ1n) is 5.50. The lowest BCUT2D eigenvalue weighted by atomic mass is 9.94. The van der Waals surface area contributed by atoms with Gasteiger partial charge in [-0.05, 0) is 38.0 Å². The molecule has 2 rings (SSSR count). The van der Waals surface area contributed by atoms with E-state index >= 15 is 0 Å². The van der Waals surface area contributed by atoms with Gasteiger partial charge in [0, 0.05) is 17.6 Å². The number of benzene rings is 1. The van der Waals surface area contributed by atoms with Crippen LogP contribution in [0.4, 0.5) is 11.4 Å². The highest BCUT2D eigenvalue weighted by molar-refractivity contribution is 9.10. The van der Waals surface area contributed by atoms with E-state index < -0.39 is 5.60 Å². The first-order chi connectivity index (χ1) is 7.48. The third-order valence-corrected chi connectivity index (χ3v) is 3.50. The summed E-state index contributed by atoms with van der Waals surface area (Å²) in [4.78, 5) is 2.16. The Kier molecular flexibility index (Phi) is 3.13. The molecule has 4 heteroatoms. The monoisotopic (exact) mass is 284 g/mol. The normalized spacial score (nSPS) is 25.8. The predicted octanol–water partition coefficient (Wildman–Crippen LogP) is 2.38. The summed E-state index contributed by atoms with van der Waals surface area (Å²) in [7, 11) is 0. The Bertz CT molecular complexity index is 393. The lowest BCUT2D eigenvalue weighted by Gasteiger charge is -2.38. The Morgan fingerprint density at radius 2 is 2.25 bits per heavy atom. The number of hydrogen-bond acceptors (Lipinski definition) is 3. The van der Waals surface area contributed by atoms with E-state index in [0.29, 0.717) is 6.54 Å². The third-order valence-electron chi connectivity index (χ3n) is 3.01.